The van der Waals surface area contributed by atoms with Crippen molar-refractivity contribution in [2.45, 2.75) is 12.8 Å². The van der Waals surface area contributed by atoms with Crippen LogP contribution in [0.15, 0.2) is 22.8 Å². The van der Waals surface area contributed by atoms with E-state index >= 15 is 0 Å². The van der Waals surface area contributed by atoms with Crippen molar-refractivity contribution in [3.05, 3.63) is 28.4 Å². The minimum absolute atomic E-state index is 0.390. The predicted molar refractivity (Wildman–Crippen MR) is 61.3 cm³/mol. The van der Waals surface area contributed by atoms with Gasteiger partial charge in [-0.3, -0.25) is 5.10 Å². The highest BCUT2D eigenvalue weighted by molar-refractivity contribution is 9.10. The van der Waals surface area contributed by atoms with Gasteiger partial charge in [0.2, 0.25) is 0 Å². The van der Waals surface area contributed by atoms with E-state index in [2.05, 4.69) is 45.2 Å². The molecular weight excluding hydrogens is 242 g/mol. The lowest BCUT2D eigenvalue weighted by molar-refractivity contribution is 0.775. The lowest BCUT2D eigenvalue weighted by Gasteiger charge is -2.07. The van der Waals surface area contributed by atoms with Crippen LogP contribution in [0.25, 0.3) is 10.9 Å². The molecule has 0 bridgehead atoms. The quantitative estimate of drug-likeness (QED) is 0.864. The summed E-state index contributed by atoms with van der Waals surface area (Å²) < 4.78 is 0.929. The average Bonchev–Trinajstić information content (AvgIpc) is 2.59. The van der Waals surface area contributed by atoms with Crippen molar-refractivity contribution in [1.29, 1.82) is 0 Å². The van der Waals surface area contributed by atoms with E-state index in [1.807, 2.05) is 6.07 Å². The van der Waals surface area contributed by atoms with Crippen LogP contribution in [-0.4, -0.2) is 16.7 Å². The van der Waals surface area contributed by atoms with E-state index in [0.717, 1.165) is 15.5 Å². The third-order valence-corrected chi connectivity index (χ3v) is 3.06. The zero-order chi connectivity index (χ0) is 10.1. The van der Waals surface area contributed by atoms with Gasteiger partial charge in [0.25, 0.3) is 0 Å². The van der Waals surface area contributed by atoms with E-state index < -0.39 is 0 Å². The van der Waals surface area contributed by atoms with Gasteiger partial charge in [-0.15, -0.1) is 0 Å². The molecule has 0 fully saturated rings. The van der Waals surface area contributed by atoms with Crippen LogP contribution >= 0.6 is 15.9 Å². The molecule has 0 aliphatic carbocycles. The monoisotopic (exact) mass is 253 g/mol. The molecule has 3 N–H and O–H groups in total. The number of aromatic amines is 1. The Morgan fingerprint density at radius 1 is 1.57 bits per heavy atom. The molecule has 4 heteroatoms. The maximum absolute atomic E-state index is 5.63. The standard InChI is InChI=1S/C10H12BrN3/c1-6(5-12)7-2-3-9-8(4-7)10(11)14-13-9/h2-4,6H,5,12H2,1H3,(H,13,14). The Kier molecular flexibility index (Phi) is 2.56. The number of nitrogens with two attached hydrogens (primary N) is 1. The van der Waals surface area contributed by atoms with Crippen LogP contribution in [0.2, 0.25) is 0 Å². The van der Waals surface area contributed by atoms with Gasteiger partial charge >= 0.3 is 0 Å². The number of halogens is 1. The topological polar surface area (TPSA) is 54.7 Å². The van der Waals surface area contributed by atoms with Gasteiger partial charge < -0.3 is 5.73 Å². The number of hydrogen-bond acceptors (Lipinski definition) is 2. The zero-order valence-electron chi connectivity index (χ0n) is 7.92. The molecule has 1 unspecified atom stereocenters. The zero-order valence-corrected chi connectivity index (χ0v) is 9.51. The fourth-order valence-electron chi connectivity index (χ4n) is 1.44. The molecule has 0 aliphatic rings. The Labute approximate surface area is 90.8 Å². The summed E-state index contributed by atoms with van der Waals surface area (Å²) in [5, 5.41) is 8.15. The summed E-state index contributed by atoms with van der Waals surface area (Å²) >= 11 is 3.42. The van der Waals surface area contributed by atoms with Crippen LogP contribution in [0.3, 0.4) is 0 Å². The molecule has 2 rings (SSSR count). The summed E-state index contributed by atoms with van der Waals surface area (Å²) in [6.45, 7) is 2.79. The number of nitrogens with one attached hydrogen (secondary N) is 1. The summed E-state index contributed by atoms with van der Waals surface area (Å²) in [6.07, 6.45) is 0. The second-order valence-corrected chi connectivity index (χ2v) is 4.24. The number of aromatic nitrogens is 2. The van der Waals surface area contributed by atoms with E-state index in [9.17, 15) is 0 Å². The molecular formula is C10H12BrN3. The number of fused-ring (bicyclic) bond motifs is 1. The Bertz CT molecular complexity index is 450. The van der Waals surface area contributed by atoms with Crippen LogP contribution in [0, 0.1) is 0 Å². The van der Waals surface area contributed by atoms with Gasteiger partial charge in [-0.05, 0) is 46.1 Å². The molecule has 1 heterocycles. The van der Waals surface area contributed by atoms with Crippen molar-refractivity contribution in [3.63, 3.8) is 0 Å². The van der Waals surface area contributed by atoms with Gasteiger partial charge in [0.15, 0.2) is 0 Å². The fourth-order valence-corrected chi connectivity index (χ4v) is 1.85. The molecule has 1 atom stereocenters. The smallest absolute Gasteiger partial charge is 0.108 e. The number of nitrogens with zero attached hydrogens (tertiary/aromatic N) is 1. The van der Waals surface area contributed by atoms with Crippen LogP contribution in [0.4, 0.5) is 0 Å². The van der Waals surface area contributed by atoms with Gasteiger partial charge in [-0.25, -0.2) is 0 Å². The molecule has 14 heavy (non-hydrogen) atoms. The van der Waals surface area contributed by atoms with Crippen LogP contribution in [-0.2, 0) is 0 Å². The van der Waals surface area contributed by atoms with E-state index in [1.54, 1.807) is 0 Å². The first-order chi connectivity index (χ1) is 6.72. The highest BCUT2D eigenvalue weighted by atomic mass is 79.9. The Hall–Kier alpha value is -0.870. The maximum atomic E-state index is 5.63. The normalized spacial score (nSPS) is 13.4. The number of hydrogen-bond donors (Lipinski definition) is 2. The Balaban J connectivity index is 2.54. The second-order valence-electron chi connectivity index (χ2n) is 3.45. The molecule has 0 aliphatic heterocycles. The summed E-state index contributed by atoms with van der Waals surface area (Å²) in [5.41, 5.74) is 7.85. The second kappa shape index (κ2) is 3.71. The maximum Gasteiger partial charge on any atom is 0.108 e. The molecule has 1 aromatic carbocycles. The molecule has 0 saturated carbocycles. The fraction of sp³-hybridized carbons (Fsp3) is 0.300. The number of benzene rings is 1. The van der Waals surface area contributed by atoms with Gasteiger partial charge in [0, 0.05) is 5.39 Å². The predicted octanol–water partition coefficient (Wildman–Crippen LogP) is 2.39. The van der Waals surface area contributed by atoms with Crippen LogP contribution in [0.1, 0.15) is 18.4 Å². The minimum Gasteiger partial charge on any atom is -0.330 e. The summed E-state index contributed by atoms with van der Waals surface area (Å²) in [5.74, 6) is 0.390. The highest BCUT2D eigenvalue weighted by Crippen LogP contribution is 2.24. The first-order valence-corrected chi connectivity index (χ1v) is 5.35. The number of rotatable bonds is 2. The summed E-state index contributed by atoms with van der Waals surface area (Å²) in [7, 11) is 0. The molecule has 1 aromatic heterocycles. The first kappa shape index (κ1) is 9.68. The molecule has 0 spiro atoms. The van der Waals surface area contributed by atoms with Crippen molar-refractivity contribution in [2.24, 2.45) is 5.73 Å². The minimum atomic E-state index is 0.390. The van der Waals surface area contributed by atoms with Crippen molar-refractivity contribution >= 4 is 26.8 Å². The van der Waals surface area contributed by atoms with Crippen molar-refractivity contribution < 1.29 is 0 Å². The van der Waals surface area contributed by atoms with Gasteiger partial charge in [0.1, 0.15) is 4.60 Å². The van der Waals surface area contributed by atoms with Crippen LogP contribution in [0.5, 0.6) is 0 Å². The van der Waals surface area contributed by atoms with E-state index in [-0.39, 0.29) is 0 Å². The molecule has 0 saturated heterocycles. The van der Waals surface area contributed by atoms with Crippen LogP contribution < -0.4 is 5.73 Å². The third-order valence-electron chi connectivity index (χ3n) is 2.45. The van der Waals surface area contributed by atoms with E-state index in [0.29, 0.717) is 12.5 Å². The highest BCUT2D eigenvalue weighted by Gasteiger charge is 2.07. The number of H-pyrrole nitrogens is 1. The Morgan fingerprint density at radius 3 is 3.07 bits per heavy atom. The van der Waals surface area contributed by atoms with Crippen molar-refractivity contribution in [2.75, 3.05) is 6.54 Å². The molecule has 2 aromatic rings. The lowest BCUT2D eigenvalue weighted by atomic mass is 10.0. The van der Waals surface area contributed by atoms with E-state index in [1.165, 1.54) is 5.56 Å². The molecule has 74 valence electrons. The van der Waals surface area contributed by atoms with Gasteiger partial charge in [-0.2, -0.15) is 5.10 Å². The summed E-state index contributed by atoms with van der Waals surface area (Å²) in [4.78, 5) is 0. The molecule has 0 radical (unpaired) electrons. The third kappa shape index (κ3) is 1.55. The molecule has 3 nitrogen and oxygen atoms in total. The first-order valence-electron chi connectivity index (χ1n) is 4.56. The Morgan fingerprint density at radius 2 is 2.36 bits per heavy atom. The average molecular weight is 254 g/mol. The van der Waals surface area contributed by atoms with Gasteiger partial charge in [-0.1, -0.05) is 13.0 Å². The molecule has 0 amide bonds. The van der Waals surface area contributed by atoms with Crippen molar-refractivity contribution in [1.82, 2.24) is 10.2 Å². The largest absolute Gasteiger partial charge is 0.330 e. The van der Waals surface area contributed by atoms with Crippen molar-refractivity contribution in [3.8, 4) is 0 Å². The SMILES string of the molecule is CC(CN)c1ccc2n[nH]c(Br)c2c1. The van der Waals surface area contributed by atoms with E-state index in [4.69, 9.17) is 5.73 Å². The lowest BCUT2D eigenvalue weighted by Crippen LogP contribution is -2.08. The van der Waals surface area contributed by atoms with Gasteiger partial charge in [0.05, 0.1) is 5.52 Å². The summed E-state index contributed by atoms with van der Waals surface area (Å²) in [6, 6.07) is 6.21.